The molecule has 1 aromatic heterocycles. The van der Waals surface area contributed by atoms with E-state index in [2.05, 4.69) is 34.4 Å². The Morgan fingerprint density at radius 3 is 3.20 bits per heavy atom. The molecule has 0 spiro atoms. The average Bonchev–Trinajstić information content (AvgIpc) is 2.71. The van der Waals surface area contributed by atoms with Crippen LogP contribution in [0.15, 0.2) is 11.6 Å². The predicted molar refractivity (Wildman–Crippen MR) is 64.1 cm³/mol. The molecule has 84 valence electrons. The molecule has 3 nitrogen and oxygen atoms in total. The van der Waals surface area contributed by atoms with Gasteiger partial charge in [0.05, 0.1) is 6.54 Å². The molecule has 1 N–H and O–H groups in total. The van der Waals surface area contributed by atoms with E-state index >= 15 is 0 Å². The van der Waals surface area contributed by atoms with Gasteiger partial charge in [-0.15, -0.1) is 11.3 Å². The van der Waals surface area contributed by atoms with Crippen molar-refractivity contribution in [2.45, 2.75) is 32.4 Å². The molecule has 1 atom stereocenters. The van der Waals surface area contributed by atoms with Crippen LogP contribution in [0.3, 0.4) is 0 Å². The van der Waals surface area contributed by atoms with Gasteiger partial charge in [0.25, 0.3) is 0 Å². The molecule has 15 heavy (non-hydrogen) atoms. The van der Waals surface area contributed by atoms with E-state index in [-0.39, 0.29) is 5.54 Å². The summed E-state index contributed by atoms with van der Waals surface area (Å²) >= 11 is 1.75. The lowest BCUT2D eigenvalue weighted by Crippen LogP contribution is -2.58. The maximum Gasteiger partial charge on any atom is 0.107 e. The molecule has 1 aliphatic heterocycles. The van der Waals surface area contributed by atoms with Gasteiger partial charge in [-0.3, -0.25) is 4.90 Å². The van der Waals surface area contributed by atoms with Crippen LogP contribution in [-0.4, -0.2) is 35.1 Å². The van der Waals surface area contributed by atoms with Crippen LogP contribution < -0.4 is 5.32 Å². The Bertz CT molecular complexity index is 299. The molecule has 4 heteroatoms. The van der Waals surface area contributed by atoms with Gasteiger partial charge in [-0.2, -0.15) is 0 Å². The van der Waals surface area contributed by atoms with Gasteiger partial charge in [0, 0.05) is 36.8 Å². The van der Waals surface area contributed by atoms with E-state index in [0.29, 0.717) is 0 Å². The van der Waals surface area contributed by atoms with Gasteiger partial charge >= 0.3 is 0 Å². The lowest BCUT2D eigenvalue weighted by Gasteiger charge is -2.40. The molecule has 0 amide bonds. The van der Waals surface area contributed by atoms with Gasteiger partial charge in [0.15, 0.2) is 0 Å². The quantitative estimate of drug-likeness (QED) is 0.849. The van der Waals surface area contributed by atoms with Gasteiger partial charge in [-0.1, -0.05) is 6.92 Å². The molecule has 0 bridgehead atoms. The zero-order valence-corrected chi connectivity index (χ0v) is 10.3. The summed E-state index contributed by atoms with van der Waals surface area (Å²) in [6.07, 6.45) is 3.07. The van der Waals surface area contributed by atoms with E-state index in [1.54, 1.807) is 11.3 Å². The van der Waals surface area contributed by atoms with E-state index < -0.39 is 0 Å². The summed E-state index contributed by atoms with van der Waals surface area (Å²) in [5.41, 5.74) is 0.287. The van der Waals surface area contributed by atoms with Gasteiger partial charge in [-0.05, 0) is 13.3 Å². The summed E-state index contributed by atoms with van der Waals surface area (Å²) in [5.74, 6) is 0. The van der Waals surface area contributed by atoms with Crippen LogP contribution >= 0.6 is 11.3 Å². The van der Waals surface area contributed by atoms with Crippen molar-refractivity contribution >= 4 is 11.3 Å². The average molecular weight is 225 g/mol. The van der Waals surface area contributed by atoms with Crippen LogP contribution in [0.25, 0.3) is 0 Å². The molecule has 0 radical (unpaired) electrons. The van der Waals surface area contributed by atoms with Gasteiger partial charge in [0.1, 0.15) is 5.01 Å². The summed E-state index contributed by atoms with van der Waals surface area (Å²) in [6, 6.07) is 0. The third-order valence-corrected chi connectivity index (χ3v) is 3.94. The Balaban J connectivity index is 1.93. The number of aromatic nitrogens is 1. The third kappa shape index (κ3) is 2.77. The highest BCUT2D eigenvalue weighted by atomic mass is 32.1. The van der Waals surface area contributed by atoms with Crippen molar-refractivity contribution in [2.24, 2.45) is 0 Å². The van der Waals surface area contributed by atoms with E-state index in [1.165, 1.54) is 11.4 Å². The number of piperazine rings is 1. The van der Waals surface area contributed by atoms with E-state index in [4.69, 9.17) is 0 Å². The van der Waals surface area contributed by atoms with Gasteiger partial charge < -0.3 is 5.32 Å². The zero-order valence-electron chi connectivity index (χ0n) is 9.49. The highest BCUT2D eigenvalue weighted by Crippen LogP contribution is 2.17. The number of rotatable bonds is 3. The number of hydrogen-bond acceptors (Lipinski definition) is 4. The second-order valence-corrected chi connectivity index (χ2v) is 5.46. The van der Waals surface area contributed by atoms with Crippen molar-refractivity contribution in [1.29, 1.82) is 0 Å². The van der Waals surface area contributed by atoms with Crippen molar-refractivity contribution in [3.8, 4) is 0 Å². The molecule has 1 saturated heterocycles. The van der Waals surface area contributed by atoms with Crippen LogP contribution in [0.4, 0.5) is 0 Å². The van der Waals surface area contributed by atoms with Crippen molar-refractivity contribution in [3.05, 3.63) is 16.6 Å². The molecule has 0 saturated carbocycles. The lowest BCUT2D eigenvalue weighted by molar-refractivity contribution is 0.133. The summed E-state index contributed by atoms with van der Waals surface area (Å²) in [4.78, 5) is 6.84. The number of nitrogens with one attached hydrogen (secondary N) is 1. The summed E-state index contributed by atoms with van der Waals surface area (Å²) in [7, 11) is 0. The van der Waals surface area contributed by atoms with Crippen LogP contribution in [0.5, 0.6) is 0 Å². The SMILES string of the molecule is CCC1(C)CN(Cc2nccs2)CCN1. The van der Waals surface area contributed by atoms with Crippen LogP contribution in [-0.2, 0) is 6.54 Å². The van der Waals surface area contributed by atoms with Gasteiger partial charge in [-0.25, -0.2) is 4.98 Å². The second kappa shape index (κ2) is 4.60. The van der Waals surface area contributed by atoms with Crippen LogP contribution in [0, 0.1) is 0 Å². The summed E-state index contributed by atoms with van der Waals surface area (Å²) in [6.45, 7) is 8.92. The number of hydrogen-bond donors (Lipinski definition) is 1. The molecule has 1 aromatic rings. The Morgan fingerprint density at radius 1 is 1.67 bits per heavy atom. The summed E-state index contributed by atoms with van der Waals surface area (Å²) in [5, 5.41) is 6.88. The standard InChI is InChI=1S/C11H19N3S/c1-3-11(2)9-14(6-4-13-11)8-10-12-5-7-15-10/h5,7,13H,3-4,6,8-9H2,1-2H3. The highest BCUT2D eigenvalue weighted by molar-refractivity contribution is 7.09. The van der Waals surface area contributed by atoms with Crippen LogP contribution in [0.1, 0.15) is 25.3 Å². The van der Waals surface area contributed by atoms with Crippen molar-refractivity contribution in [3.63, 3.8) is 0 Å². The zero-order chi connectivity index (χ0) is 10.7. The molecular formula is C11H19N3S. The molecule has 1 aliphatic rings. The van der Waals surface area contributed by atoms with Crippen molar-refractivity contribution < 1.29 is 0 Å². The predicted octanol–water partition coefficient (Wildman–Crippen LogP) is 1.72. The van der Waals surface area contributed by atoms with Crippen molar-refractivity contribution in [2.75, 3.05) is 19.6 Å². The Labute approximate surface area is 95.5 Å². The Morgan fingerprint density at radius 2 is 2.53 bits per heavy atom. The molecule has 2 heterocycles. The maximum absolute atomic E-state index is 4.34. The number of nitrogens with zero attached hydrogens (tertiary/aromatic N) is 2. The highest BCUT2D eigenvalue weighted by Gasteiger charge is 2.28. The molecule has 1 unspecified atom stereocenters. The minimum atomic E-state index is 0.287. The molecule has 0 aliphatic carbocycles. The Kier molecular flexibility index (Phi) is 3.38. The fourth-order valence-corrected chi connectivity index (χ4v) is 2.70. The topological polar surface area (TPSA) is 28.2 Å². The third-order valence-electron chi connectivity index (χ3n) is 3.18. The first-order chi connectivity index (χ1) is 7.22. The normalized spacial score (nSPS) is 28.1. The Hall–Kier alpha value is -0.450. The smallest absolute Gasteiger partial charge is 0.107 e. The monoisotopic (exact) mass is 225 g/mol. The largest absolute Gasteiger partial charge is 0.309 e. The minimum absolute atomic E-state index is 0.287. The molecule has 0 aromatic carbocycles. The lowest BCUT2D eigenvalue weighted by atomic mass is 9.96. The molecular weight excluding hydrogens is 206 g/mol. The summed E-state index contributed by atoms with van der Waals surface area (Å²) < 4.78 is 0. The number of thiazole rings is 1. The van der Waals surface area contributed by atoms with Gasteiger partial charge in [0.2, 0.25) is 0 Å². The van der Waals surface area contributed by atoms with Crippen LogP contribution in [0.2, 0.25) is 0 Å². The first kappa shape index (κ1) is 11.0. The van der Waals surface area contributed by atoms with E-state index in [9.17, 15) is 0 Å². The fraction of sp³-hybridized carbons (Fsp3) is 0.727. The maximum atomic E-state index is 4.34. The minimum Gasteiger partial charge on any atom is -0.309 e. The van der Waals surface area contributed by atoms with Crippen molar-refractivity contribution in [1.82, 2.24) is 15.2 Å². The van der Waals surface area contributed by atoms with E-state index in [1.807, 2.05) is 6.20 Å². The fourth-order valence-electron chi connectivity index (χ4n) is 2.04. The second-order valence-electron chi connectivity index (χ2n) is 4.48. The molecule has 1 fully saturated rings. The van der Waals surface area contributed by atoms with E-state index in [0.717, 1.165) is 26.2 Å². The molecule has 2 rings (SSSR count). The first-order valence-electron chi connectivity index (χ1n) is 5.57. The first-order valence-corrected chi connectivity index (χ1v) is 6.45.